The molecule has 31 heavy (non-hydrogen) atoms. The molecule has 1 aliphatic rings. The van der Waals surface area contributed by atoms with Crippen LogP contribution in [0, 0.1) is 0 Å². The molecule has 0 unspecified atom stereocenters. The van der Waals surface area contributed by atoms with Crippen molar-refractivity contribution in [3.8, 4) is 5.75 Å². The lowest BCUT2D eigenvalue weighted by Gasteiger charge is -2.27. The van der Waals surface area contributed by atoms with Gasteiger partial charge in [0.1, 0.15) is 28.9 Å². The quantitative estimate of drug-likeness (QED) is 0.352. The minimum absolute atomic E-state index is 0.0913. The number of rotatable bonds is 5. The van der Waals surface area contributed by atoms with Crippen LogP contribution in [0.15, 0.2) is 50.0 Å². The minimum atomic E-state index is -0.481. The molecule has 0 aliphatic carbocycles. The lowest BCUT2D eigenvalue weighted by molar-refractivity contribution is 0.0717. The molecule has 2 aromatic heterocycles. The maximum atomic E-state index is 13.3. The summed E-state index contributed by atoms with van der Waals surface area (Å²) in [6, 6.07) is 10.6. The van der Waals surface area contributed by atoms with Crippen LogP contribution in [-0.4, -0.2) is 44.2 Å². The van der Waals surface area contributed by atoms with Gasteiger partial charge in [-0.1, -0.05) is 12.1 Å². The fraction of sp³-hybridized carbons (Fsp3) is 0.333. The van der Waals surface area contributed by atoms with E-state index in [9.17, 15) is 9.59 Å². The number of piperidine rings is 1. The van der Waals surface area contributed by atoms with Crippen molar-refractivity contribution in [1.29, 1.82) is 0 Å². The van der Waals surface area contributed by atoms with Crippen LogP contribution in [-0.2, 0) is 4.74 Å². The zero-order chi connectivity index (χ0) is 21.4. The summed E-state index contributed by atoms with van der Waals surface area (Å²) in [7, 11) is 1.59. The van der Waals surface area contributed by atoms with Gasteiger partial charge in [0.25, 0.3) is 5.91 Å². The first-order valence-corrected chi connectivity index (χ1v) is 10.5. The Hall–Kier alpha value is -3.32. The summed E-state index contributed by atoms with van der Waals surface area (Å²) in [4.78, 5) is 27.9. The molecule has 2 aromatic carbocycles. The molecule has 160 valence electrons. The first-order valence-electron chi connectivity index (χ1n) is 10.5. The number of amides is 1. The fourth-order valence-corrected chi connectivity index (χ4v) is 4.20. The van der Waals surface area contributed by atoms with E-state index in [2.05, 4.69) is 0 Å². The molecule has 1 aliphatic heterocycles. The number of furan rings is 1. The van der Waals surface area contributed by atoms with Crippen LogP contribution in [0.1, 0.15) is 29.6 Å². The van der Waals surface area contributed by atoms with Gasteiger partial charge in [-0.25, -0.2) is 4.79 Å². The average Bonchev–Trinajstić information content (AvgIpc) is 3.18. The third kappa shape index (κ3) is 3.45. The molecule has 0 radical (unpaired) electrons. The Bertz CT molecular complexity index is 1330. The smallest absolute Gasteiger partial charge is 0.348 e. The molecule has 1 fully saturated rings. The number of fused-ring (bicyclic) bond motifs is 5. The maximum Gasteiger partial charge on any atom is 0.348 e. The van der Waals surface area contributed by atoms with E-state index >= 15 is 0 Å². The van der Waals surface area contributed by atoms with Gasteiger partial charge in [0.15, 0.2) is 5.58 Å². The second-order valence-corrected chi connectivity index (χ2v) is 7.73. The number of hydrogen-bond donors (Lipinski definition) is 0. The summed E-state index contributed by atoms with van der Waals surface area (Å²) >= 11 is 0. The van der Waals surface area contributed by atoms with Gasteiger partial charge in [-0.3, -0.25) is 4.79 Å². The summed E-state index contributed by atoms with van der Waals surface area (Å²) in [6.45, 7) is 2.12. The predicted octanol–water partition coefficient (Wildman–Crippen LogP) is 4.34. The standard InChI is InChI=1S/C24H23NO6/c1-28-11-12-29-19-13-16-20(14-17(19)23(26)25-9-5-2-6-10-25)30-22-15-7-3-4-8-18(15)31-24(27)21(16)22/h3-4,7-8,13-14H,2,5-6,9-12H2,1H3. The van der Waals surface area contributed by atoms with Crippen LogP contribution in [0.3, 0.4) is 0 Å². The molecule has 5 rings (SSSR count). The summed E-state index contributed by atoms with van der Waals surface area (Å²) < 4.78 is 22.6. The number of hydrogen-bond acceptors (Lipinski definition) is 6. The van der Waals surface area contributed by atoms with Gasteiger partial charge in [0.2, 0.25) is 0 Å². The topological polar surface area (TPSA) is 82.1 Å². The molecule has 1 saturated heterocycles. The van der Waals surface area contributed by atoms with E-state index < -0.39 is 5.63 Å². The molecule has 0 atom stereocenters. The summed E-state index contributed by atoms with van der Waals surface area (Å²) in [5, 5.41) is 1.62. The molecular weight excluding hydrogens is 398 g/mol. The van der Waals surface area contributed by atoms with Gasteiger partial charge in [-0.2, -0.15) is 0 Å². The van der Waals surface area contributed by atoms with Crippen molar-refractivity contribution >= 4 is 38.8 Å². The normalized spacial score (nSPS) is 14.5. The summed E-state index contributed by atoms with van der Waals surface area (Å²) in [6.07, 6.45) is 3.11. The van der Waals surface area contributed by atoms with Crippen LogP contribution in [0.5, 0.6) is 5.75 Å². The third-order valence-corrected chi connectivity index (χ3v) is 5.75. The number of likely N-dealkylation sites (tertiary alicyclic amines) is 1. The van der Waals surface area contributed by atoms with Gasteiger partial charge >= 0.3 is 5.63 Å². The van der Waals surface area contributed by atoms with Gasteiger partial charge in [-0.15, -0.1) is 0 Å². The molecule has 0 spiro atoms. The van der Waals surface area contributed by atoms with E-state index in [1.165, 1.54) is 0 Å². The molecular formula is C24H23NO6. The first-order chi connectivity index (χ1) is 15.2. The second-order valence-electron chi connectivity index (χ2n) is 7.73. The highest BCUT2D eigenvalue weighted by Crippen LogP contribution is 2.36. The van der Waals surface area contributed by atoms with Crippen molar-refractivity contribution < 1.29 is 23.1 Å². The highest BCUT2D eigenvalue weighted by molar-refractivity contribution is 6.14. The van der Waals surface area contributed by atoms with Crippen molar-refractivity contribution in [3.05, 3.63) is 52.4 Å². The SMILES string of the molecule is COCCOc1cc2c(cc1C(=O)N1CCCCC1)oc1c3ccccc3oc(=O)c21. The number of para-hydroxylation sites is 1. The predicted molar refractivity (Wildman–Crippen MR) is 117 cm³/mol. The fourth-order valence-electron chi connectivity index (χ4n) is 4.20. The maximum absolute atomic E-state index is 13.3. The number of methoxy groups -OCH3 is 1. The van der Waals surface area contributed by atoms with E-state index in [-0.39, 0.29) is 12.5 Å². The summed E-state index contributed by atoms with van der Waals surface area (Å²) in [5.74, 6) is 0.321. The lowest BCUT2D eigenvalue weighted by atomic mass is 10.1. The lowest BCUT2D eigenvalue weighted by Crippen LogP contribution is -2.35. The first kappa shape index (κ1) is 19.6. The Kier molecular flexibility index (Phi) is 5.11. The van der Waals surface area contributed by atoms with Crippen LogP contribution in [0.4, 0.5) is 0 Å². The van der Waals surface area contributed by atoms with Crippen LogP contribution in [0.25, 0.3) is 32.9 Å². The van der Waals surface area contributed by atoms with Crippen molar-refractivity contribution in [2.75, 3.05) is 33.4 Å². The monoisotopic (exact) mass is 421 g/mol. The van der Waals surface area contributed by atoms with Crippen molar-refractivity contribution in [1.82, 2.24) is 4.90 Å². The van der Waals surface area contributed by atoms with Crippen LogP contribution >= 0.6 is 0 Å². The molecule has 3 heterocycles. The van der Waals surface area contributed by atoms with E-state index in [1.807, 2.05) is 17.0 Å². The van der Waals surface area contributed by atoms with Crippen LogP contribution in [0.2, 0.25) is 0 Å². The highest BCUT2D eigenvalue weighted by atomic mass is 16.5. The molecule has 7 heteroatoms. The number of carbonyl (C=O) groups excluding carboxylic acids is 1. The number of carbonyl (C=O) groups is 1. The van der Waals surface area contributed by atoms with Gasteiger partial charge in [-0.05, 0) is 43.5 Å². The Morgan fingerprint density at radius 2 is 1.81 bits per heavy atom. The Labute approximate surface area is 178 Å². The molecule has 4 aromatic rings. The van der Waals surface area contributed by atoms with E-state index in [0.29, 0.717) is 50.8 Å². The minimum Gasteiger partial charge on any atom is -0.490 e. The van der Waals surface area contributed by atoms with Gasteiger partial charge < -0.3 is 23.2 Å². The number of nitrogens with zero attached hydrogens (tertiary/aromatic N) is 1. The van der Waals surface area contributed by atoms with Crippen molar-refractivity contribution in [2.24, 2.45) is 0 Å². The molecule has 0 N–H and O–H groups in total. The molecule has 7 nitrogen and oxygen atoms in total. The number of benzene rings is 2. The second kappa shape index (κ2) is 8.07. The van der Waals surface area contributed by atoms with Crippen molar-refractivity contribution in [2.45, 2.75) is 19.3 Å². The Morgan fingerprint density at radius 3 is 2.61 bits per heavy atom. The Balaban J connectivity index is 1.71. The molecule has 0 bridgehead atoms. The molecule has 1 amide bonds. The van der Waals surface area contributed by atoms with Crippen molar-refractivity contribution in [3.63, 3.8) is 0 Å². The van der Waals surface area contributed by atoms with Crippen LogP contribution < -0.4 is 10.4 Å². The summed E-state index contributed by atoms with van der Waals surface area (Å²) in [5.41, 5.74) is 1.31. The van der Waals surface area contributed by atoms with E-state index in [1.54, 1.807) is 31.4 Å². The largest absolute Gasteiger partial charge is 0.490 e. The highest BCUT2D eigenvalue weighted by Gasteiger charge is 2.25. The van der Waals surface area contributed by atoms with E-state index in [4.69, 9.17) is 18.3 Å². The van der Waals surface area contributed by atoms with Gasteiger partial charge in [0, 0.05) is 25.6 Å². The van der Waals surface area contributed by atoms with E-state index in [0.717, 1.165) is 32.4 Å². The average molecular weight is 421 g/mol. The zero-order valence-corrected chi connectivity index (χ0v) is 17.3. The molecule has 0 saturated carbocycles. The Morgan fingerprint density at radius 1 is 1.00 bits per heavy atom. The zero-order valence-electron chi connectivity index (χ0n) is 17.3. The third-order valence-electron chi connectivity index (χ3n) is 5.75. The van der Waals surface area contributed by atoms with Gasteiger partial charge in [0.05, 0.1) is 17.6 Å². The number of ether oxygens (including phenoxy) is 2.